The predicted octanol–water partition coefficient (Wildman–Crippen LogP) is 5.39. The molecule has 6 nitrogen and oxygen atoms in total. The number of imidazole rings is 1. The first-order valence-corrected chi connectivity index (χ1v) is 11.6. The van der Waals surface area contributed by atoms with Gasteiger partial charge in [0.1, 0.15) is 11.6 Å². The van der Waals surface area contributed by atoms with Gasteiger partial charge < -0.3 is 15.0 Å². The van der Waals surface area contributed by atoms with E-state index < -0.39 is 5.66 Å². The Bertz CT molecular complexity index is 1620. The highest BCUT2D eigenvalue weighted by Gasteiger charge is 2.56. The molecule has 7 rings (SSSR count). The van der Waals surface area contributed by atoms with E-state index in [4.69, 9.17) is 9.72 Å². The average molecular weight is 459 g/mol. The Labute approximate surface area is 202 Å². The van der Waals surface area contributed by atoms with Crippen LogP contribution in [0.3, 0.4) is 0 Å². The number of hydrogen-bond acceptors (Lipinski definition) is 4. The van der Waals surface area contributed by atoms with Crippen molar-refractivity contribution >= 4 is 28.3 Å². The molecule has 0 radical (unpaired) electrons. The van der Waals surface area contributed by atoms with Crippen molar-refractivity contribution in [2.45, 2.75) is 12.2 Å². The fourth-order valence-corrected chi connectivity index (χ4v) is 5.43. The lowest BCUT2D eigenvalue weighted by atomic mass is 9.95. The first-order chi connectivity index (χ1) is 17.2. The Morgan fingerprint density at radius 1 is 0.914 bits per heavy atom. The molecule has 1 atom stereocenters. The van der Waals surface area contributed by atoms with Crippen LogP contribution in [0.25, 0.3) is 22.4 Å². The molecule has 2 aliphatic heterocycles. The highest BCUT2D eigenvalue weighted by atomic mass is 16.5. The molecule has 1 spiro atoms. The predicted molar refractivity (Wildman–Crippen MR) is 136 cm³/mol. The van der Waals surface area contributed by atoms with Gasteiger partial charge in [0.05, 0.1) is 30.4 Å². The molecule has 3 heterocycles. The summed E-state index contributed by atoms with van der Waals surface area (Å²) in [6, 6.07) is 31.9. The standard InChI is InChI=1S/C29H22N4O2/c1-35-20-15-16-25-22(17-20)29(28(34)32(25)18-19-9-3-2-4-10-19)31-23-12-6-5-11-21(23)27-30-24-13-7-8-14-26(24)33(27)29/h2-17,31H,18H2,1H3/t29-/m1/s1. The van der Waals surface area contributed by atoms with Gasteiger partial charge in [-0.1, -0.05) is 54.6 Å². The van der Waals surface area contributed by atoms with Crippen molar-refractivity contribution in [3.8, 4) is 17.1 Å². The van der Waals surface area contributed by atoms with Crippen molar-refractivity contribution in [2.24, 2.45) is 0 Å². The second-order valence-electron chi connectivity index (χ2n) is 8.90. The zero-order valence-corrected chi connectivity index (χ0v) is 19.1. The quantitative estimate of drug-likeness (QED) is 0.394. The van der Waals surface area contributed by atoms with Gasteiger partial charge in [0.15, 0.2) is 0 Å². The number of amides is 1. The van der Waals surface area contributed by atoms with Crippen molar-refractivity contribution in [2.75, 3.05) is 17.3 Å². The molecular weight excluding hydrogens is 436 g/mol. The third-order valence-electron chi connectivity index (χ3n) is 7.00. The van der Waals surface area contributed by atoms with E-state index in [1.54, 1.807) is 7.11 Å². The number of methoxy groups -OCH3 is 1. The second kappa shape index (κ2) is 7.21. The van der Waals surface area contributed by atoms with E-state index in [9.17, 15) is 4.79 Å². The molecule has 5 aromatic rings. The Morgan fingerprint density at radius 3 is 2.54 bits per heavy atom. The van der Waals surface area contributed by atoms with Crippen LogP contribution in [0.4, 0.5) is 11.4 Å². The number of aromatic nitrogens is 2. The number of para-hydroxylation sites is 3. The first-order valence-electron chi connectivity index (χ1n) is 11.6. The van der Waals surface area contributed by atoms with Gasteiger partial charge in [-0.25, -0.2) is 4.98 Å². The van der Waals surface area contributed by atoms with Crippen LogP contribution in [0.1, 0.15) is 11.1 Å². The number of carbonyl (C=O) groups excluding carboxylic acids is 1. The second-order valence-corrected chi connectivity index (χ2v) is 8.90. The minimum atomic E-state index is -1.20. The lowest BCUT2D eigenvalue weighted by molar-refractivity contribution is -0.123. The summed E-state index contributed by atoms with van der Waals surface area (Å²) in [5.74, 6) is 1.41. The molecule has 6 heteroatoms. The SMILES string of the molecule is COc1ccc2c(c1)[C@]1(Nc3ccccc3-c3nc4ccccc4n31)C(=O)N2Cc1ccccc1. The number of hydrogen-bond donors (Lipinski definition) is 1. The Morgan fingerprint density at radius 2 is 1.69 bits per heavy atom. The van der Waals surface area contributed by atoms with Crippen LogP contribution in [0, 0.1) is 0 Å². The normalized spacial score (nSPS) is 17.7. The summed E-state index contributed by atoms with van der Waals surface area (Å²) in [7, 11) is 1.65. The van der Waals surface area contributed by atoms with Crippen LogP contribution in [-0.2, 0) is 17.0 Å². The molecule has 0 saturated carbocycles. The lowest BCUT2D eigenvalue weighted by Crippen LogP contribution is -2.53. The van der Waals surface area contributed by atoms with Crippen molar-refractivity contribution in [3.05, 3.63) is 108 Å². The molecule has 1 amide bonds. The van der Waals surface area contributed by atoms with Gasteiger partial charge in [-0.15, -0.1) is 0 Å². The average Bonchev–Trinajstić information content (AvgIpc) is 3.40. The third kappa shape index (κ3) is 2.65. The van der Waals surface area contributed by atoms with Crippen LogP contribution in [-0.4, -0.2) is 22.6 Å². The van der Waals surface area contributed by atoms with E-state index in [-0.39, 0.29) is 5.91 Å². The monoisotopic (exact) mass is 458 g/mol. The molecule has 0 bridgehead atoms. The van der Waals surface area contributed by atoms with Crippen molar-refractivity contribution in [1.82, 2.24) is 9.55 Å². The maximum absolute atomic E-state index is 14.6. The van der Waals surface area contributed by atoms with Crippen molar-refractivity contribution < 1.29 is 9.53 Å². The molecule has 1 aromatic heterocycles. The molecule has 35 heavy (non-hydrogen) atoms. The summed E-state index contributed by atoms with van der Waals surface area (Å²) in [4.78, 5) is 21.5. The van der Waals surface area contributed by atoms with Crippen LogP contribution in [0.5, 0.6) is 5.75 Å². The summed E-state index contributed by atoms with van der Waals surface area (Å²) in [6.45, 7) is 0.464. The summed E-state index contributed by atoms with van der Waals surface area (Å²) in [5, 5.41) is 3.66. The lowest BCUT2D eigenvalue weighted by Gasteiger charge is -2.38. The highest BCUT2D eigenvalue weighted by Crippen LogP contribution is 2.51. The van der Waals surface area contributed by atoms with E-state index in [0.29, 0.717) is 12.3 Å². The largest absolute Gasteiger partial charge is 0.497 e. The van der Waals surface area contributed by atoms with Gasteiger partial charge in [0.25, 0.3) is 5.91 Å². The van der Waals surface area contributed by atoms with Gasteiger partial charge in [-0.3, -0.25) is 9.36 Å². The zero-order chi connectivity index (χ0) is 23.6. The number of carbonyl (C=O) groups is 1. The van der Waals surface area contributed by atoms with Gasteiger partial charge in [0, 0.05) is 16.8 Å². The summed E-state index contributed by atoms with van der Waals surface area (Å²) in [5.41, 5.74) is 5.15. The zero-order valence-electron chi connectivity index (χ0n) is 19.1. The molecule has 0 fully saturated rings. The number of ether oxygens (including phenoxy) is 1. The number of benzene rings is 4. The number of nitrogens with zero attached hydrogens (tertiary/aromatic N) is 3. The number of anilines is 2. The molecule has 2 aliphatic rings. The van der Waals surface area contributed by atoms with Crippen LogP contribution >= 0.6 is 0 Å². The van der Waals surface area contributed by atoms with Crippen LogP contribution in [0.15, 0.2) is 97.1 Å². The van der Waals surface area contributed by atoms with Crippen molar-refractivity contribution in [3.63, 3.8) is 0 Å². The number of nitrogens with one attached hydrogen (secondary N) is 1. The molecule has 170 valence electrons. The summed E-state index contributed by atoms with van der Waals surface area (Å²) < 4.78 is 7.67. The van der Waals surface area contributed by atoms with Crippen LogP contribution in [0.2, 0.25) is 0 Å². The molecule has 4 aromatic carbocycles. The third-order valence-corrected chi connectivity index (χ3v) is 7.00. The van der Waals surface area contributed by atoms with Gasteiger partial charge in [-0.2, -0.15) is 0 Å². The summed E-state index contributed by atoms with van der Waals surface area (Å²) >= 11 is 0. The fraction of sp³-hybridized carbons (Fsp3) is 0.103. The van der Waals surface area contributed by atoms with Crippen molar-refractivity contribution in [1.29, 1.82) is 0 Å². The maximum atomic E-state index is 14.6. The van der Waals surface area contributed by atoms with E-state index >= 15 is 0 Å². The molecule has 1 N–H and O–H groups in total. The van der Waals surface area contributed by atoms with E-state index in [1.165, 1.54) is 0 Å². The van der Waals surface area contributed by atoms with Gasteiger partial charge >= 0.3 is 0 Å². The molecule has 0 unspecified atom stereocenters. The van der Waals surface area contributed by atoms with Crippen LogP contribution < -0.4 is 15.0 Å². The van der Waals surface area contributed by atoms with Gasteiger partial charge in [-0.05, 0) is 48.0 Å². The minimum absolute atomic E-state index is 0.0523. The first kappa shape index (κ1) is 19.9. The van der Waals surface area contributed by atoms with E-state index in [1.807, 2.05) is 102 Å². The van der Waals surface area contributed by atoms with Gasteiger partial charge in [0.2, 0.25) is 5.66 Å². The Balaban J connectivity index is 1.55. The highest BCUT2D eigenvalue weighted by molar-refractivity contribution is 6.12. The Kier molecular flexibility index (Phi) is 4.09. The summed E-state index contributed by atoms with van der Waals surface area (Å²) in [6.07, 6.45) is 0. The Hall–Kier alpha value is -4.58. The smallest absolute Gasteiger partial charge is 0.279 e. The maximum Gasteiger partial charge on any atom is 0.279 e. The minimum Gasteiger partial charge on any atom is -0.497 e. The van der Waals surface area contributed by atoms with E-state index in [0.717, 1.165) is 44.9 Å². The molecule has 0 saturated heterocycles. The number of fused-ring (bicyclic) bond motifs is 8. The topological polar surface area (TPSA) is 59.4 Å². The van der Waals surface area contributed by atoms with E-state index in [2.05, 4.69) is 9.88 Å². The fourth-order valence-electron chi connectivity index (χ4n) is 5.43. The molecular formula is C29H22N4O2. The molecule has 0 aliphatic carbocycles. The number of rotatable bonds is 3.